The molecular weight excluding hydrogens is 244 g/mol. The molecule has 1 aromatic carbocycles. The highest BCUT2D eigenvalue weighted by Gasteiger charge is 2.36. The third kappa shape index (κ3) is 3.42. The Morgan fingerprint density at radius 1 is 1.20 bits per heavy atom. The van der Waals surface area contributed by atoms with Crippen molar-refractivity contribution < 1.29 is 0 Å². The minimum Gasteiger partial charge on any atom is -0.308 e. The molecule has 0 aromatic heterocycles. The summed E-state index contributed by atoms with van der Waals surface area (Å²) in [4.78, 5) is 2.36. The summed E-state index contributed by atoms with van der Waals surface area (Å²) in [6, 6.07) is 7.04. The number of hydrogen-bond donors (Lipinski definition) is 1. The van der Waals surface area contributed by atoms with Crippen LogP contribution < -0.4 is 5.32 Å². The average molecular weight is 276 g/mol. The van der Waals surface area contributed by atoms with Crippen LogP contribution in [0.5, 0.6) is 0 Å². The molecule has 2 atom stereocenters. The molecule has 0 bridgehead atoms. The van der Waals surface area contributed by atoms with Crippen molar-refractivity contribution >= 4 is 0 Å². The first-order valence-corrected chi connectivity index (χ1v) is 7.85. The van der Waals surface area contributed by atoms with E-state index in [-0.39, 0.29) is 5.54 Å². The van der Waals surface area contributed by atoms with Gasteiger partial charge in [-0.15, -0.1) is 0 Å². The van der Waals surface area contributed by atoms with E-state index in [1.54, 1.807) is 0 Å². The van der Waals surface area contributed by atoms with Gasteiger partial charge in [0.05, 0.1) is 6.04 Å². The molecule has 0 radical (unpaired) electrons. The highest BCUT2D eigenvalue weighted by Crippen LogP contribution is 2.35. The van der Waals surface area contributed by atoms with Crippen molar-refractivity contribution in [1.82, 2.24) is 10.2 Å². The van der Waals surface area contributed by atoms with Crippen LogP contribution in [0.15, 0.2) is 18.2 Å². The molecule has 2 nitrogen and oxygen atoms in total. The summed E-state index contributed by atoms with van der Waals surface area (Å²) in [5, 5.41) is 3.78. The first kappa shape index (κ1) is 17.2. The Kier molecular flexibility index (Phi) is 6.22. The number of hydrogen-bond acceptors (Lipinski definition) is 2. The SMILES string of the molecule is CCCNC(c1cccc(C)c1C)C(C)(CC)N(C)C. The molecule has 0 aliphatic carbocycles. The van der Waals surface area contributed by atoms with Crippen LogP contribution in [0.4, 0.5) is 0 Å². The van der Waals surface area contributed by atoms with Crippen LogP contribution in [0.25, 0.3) is 0 Å². The average Bonchev–Trinajstić information content (AvgIpc) is 2.42. The second kappa shape index (κ2) is 7.24. The monoisotopic (exact) mass is 276 g/mol. The maximum atomic E-state index is 3.78. The van der Waals surface area contributed by atoms with E-state index in [0.29, 0.717) is 6.04 Å². The number of aryl methyl sites for hydroxylation is 1. The van der Waals surface area contributed by atoms with Crippen LogP contribution in [-0.2, 0) is 0 Å². The minimum atomic E-state index is 0.119. The van der Waals surface area contributed by atoms with Crippen molar-refractivity contribution in [3.05, 3.63) is 34.9 Å². The zero-order valence-electron chi connectivity index (χ0n) is 14.4. The molecule has 2 heteroatoms. The molecule has 0 amide bonds. The van der Waals surface area contributed by atoms with E-state index in [2.05, 4.69) is 77.1 Å². The topological polar surface area (TPSA) is 15.3 Å². The molecule has 0 aliphatic heterocycles. The largest absolute Gasteiger partial charge is 0.308 e. The lowest BCUT2D eigenvalue weighted by Gasteiger charge is -2.44. The molecule has 0 heterocycles. The highest BCUT2D eigenvalue weighted by atomic mass is 15.2. The van der Waals surface area contributed by atoms with Crippen LogP contribution in [0.2, 0.25) is 0 Å². The summed E-state index contributed by atoms with van der Waals surface area (Å²) >= 11 is 0. The molecule has 0 saturated heterocycles. The first-order valence-electron chi connectivity index (χ1n) is 7.85. The fraction of sp³-hybridized carbons (Fsp3) is 0.667. The standard InChI is InChI=1S/C18H32N2/c1-8-13-19-17(18(5,9-2)20(6)7)16-12-10-11-14(3)15(16)4/h10-12,17,19H,8-9,13H2,1-7H3. The fourth-order valence-electron chi connectivity index (χ4n) is 2.82. The van der Waals surface area contributed by atoms with E-state index >= 15 is 0 Å². The van der Waals surface area contributed by atoms with Gasteiger partial charge in [-0.2, -0.15) is 0 Å². The Hall–Kier alpha value is -0.860. The Morgan fingerprint density at radius 2 is 1.85 bits per heavy atom. The van der Waals surface area contributed by atoms with E-state index in [9.17, 15) is 0 Å². The van der Waals surface area contributed by atoms with Crippen molar-refractivity contribution in [2.45, 2.75) is 59.0 Å². The molecule has 20 heavy (non-hydrogen) atoms. The van der Waals surface area contributed by atoms with Crippen LogP contribution in [0, 0.1) is 13.8 Å². The Labute approximate surface area is 125 Å². The number of nitrogens with zero attached hydrogens (tertiary/aromatic N) is 1. The Balaban J connectivity index is 3.27. The van der Waals surface area contributed by atoms with Gasteiger partial charge in [-0.1, -0.05) is 32.0 Å². The predicted molar refractivity (Wildman–Crippen MR) is 89.3 cm³/mol. The van der Waals surface area contributed by atoms with Crippen molar-refractivity contribution in [3.63, 3.8) is 0 Å². The number of nitrogens with one attached hydrogen (secondary N) is 1. The van der Waals surface area contributed by atoms with Gasteiger partial charge in [-0.25, -0.2) is 0 Å². The van der Waals surface area contributed by atoms with Gasteiger partial charge in [0.15, 0.2) is 0 Å². The van der Waals surface area contributed by atoms with Crippen molar-refractivity contribution in [2.24, 2.45) is 0 Å². The predicted octanol–water partition coefficient (Wildman–Crippen LogP) is 4.07. The summed E-state index contributed by atoms with van der Waals surface area (Å²) in [6.07, 6.45) is 2.28. The molecule has 0 saturated carbocycles. The Bertz CT molecular complexity index is 425. The van der Waals surface area contributed by atoms with Gasteiger partial charge in [0, 0.05) is 5.54 Å². The summed E-state index contributed by atoms with van der Waals surface area (Å²) in [5.41, 5.74) is 4.36. The minimum absolute atomic E-state index is 0.119. The second-order valence-electron chi connectivity index (χ2n) is 6.28. The van der Waals surface area contributed by atoms with Crippen LogP contribution in [0.1, 0.15) is 56.3 Å². The van der Waals surface area contributed by atoms with Crippen LogP contribution in [-0.4, -0.2) is 31.1 Å². The lowest BCUT2D eigenvalue weighted by Crippen LogP contribution is -2.51. The maximum Gasteiger partial charge on any atom is 0.0506 e. The number of rotatable bonds is 7. The molecule has 0 spiro atoms. The van der Waals surface area contributed by atoms with Gasteiger partial charge < -0.3 is 10.2 Å². The smallest absolute Gasteiger partial charge is 0.0506 e. The van der Waals surface area contributed by atoms with Gasteiger partial charge in [-0.3, -0.25) is 0 Å². The quantitative estimate of drug-likeness (QED) is 0.807. The van der Waals surface area contributed by atoms with Gasteiger partial charge in [-0.05, 0) is 70.9 Å². The molecule has 114 valence electrons. The molecule has 1 aromatic rings. The highest BCUT2D eigenvalue weighted by molar-refractivity contribution is 5.37. The lowest BCUT2D eigenvalue weighted by atomic mass is 9.81. The molecule has 0 fully saturated rings. The van der Waals surface area contributed by atoms with Crippen molar-refractivity contribution in [2.75, 3.05) is 20.6 Å². The molecule has 2 unspecified atom stereocenters. The van der Waals surface area contributed by atoms with Crippen molar-refractivity contribution in [3.8, 4) is 0 Å². The third-order valence-electron chi connectivity index (χ3n) is 4.92. The zero-order valence-corrected chi connectivity index (χ0v) is 14.4. The van der Waals surface area contributed by atoms with Gasteiger partial charge in [0.25, 0.3) is 0 Å². The van der Waals surface area contributed by atoms with Crippen molar-refractivity contribution in [1.29, 1.82) is 0 Å². The van der Waals surface area contributed by atoms with Gasteiger partial charge in [0.2, 0.25) is 0 Å². The summed E-state index contributed by atoms with van der Waals surface area (Å²) in [5.74, 6) is 0. The van der Waals surface area contributed by atoms with Crippen LogP contribution in [0.3, 0.4) is 0 Å². The van der Waals surface area contributed by atoms with E-state index in [1.807, 2.05) is 0 Å². The van der Waals surface area contributed by atoms with Crippen LogP contribution >= 0.6 is 0 Å². The summed E-state index contributed by atoms with van der Waals surface area (Å²) in [7, 11) is 4.38. The number of likely N-dealkylation sites (N-methyl/N-ethyl adjacent to an activating group) is 1. The fourth-order valence-corrected chi connectivity index (χ4v) is 2.82. The molecule has 1 N–H and O–H groups in total. The third-order valence-corrected chi connectivity index (χ3v) is 4.92. The van der Waals surface area contributed by atoms with Gasteiger partial charge in [0.1, 0.15) is 0 Å². The van der Waals surface area contributed by atoms with E-state index in [1.165, 1.54) is 16.7 Å². The molecule has 1 rings (SSSR count). The maximum absolute atomic E-state index is 3.78. The normalized spacial score (nSPS) is 16.2. The number of benzene rings is 1. The summed E-state index contributed by atoms with van der Waals surface area (Å²) in [6.45, 7) is 12.4. The van der Waals surface area contributed by atoms with E-state index in [4.69, 9.17) is 0 Å². The summed E-state index contributed by atoms with van der Waals surface area (Å²) < 4.78 is 0. The molecular formula is C18H32N2. The van der Waals surface area contributed by atoms with E-state index < -0.39 is 0 Å². The molecule has 0 aliphatic rings. The first-order chi connectivity index (χ1) is 9.38. The van der Waals surface area contributed by atoms with E-state index in [0.717, 1.165) is 19.4 Å². The van der Waals surface area contributed by atoms with Gasteiger partial charge >= 0.3 is 0 Å². The Morgan fingerprint density at radius 3 is 2.35 bits per heavy atom. The zero-order chi connectivity index (χ0) is 15.3. The second-order valence-corrected chi connectivity index (χ2v) is 6.28. The lowest BCUT2D eigenvalue weighted by molar-refractivity contribution is 0.112.